The molecule has 4 nitrogen and oxygen atoms in total. The van der Waals surface area contributed by atoms with Crippen LogP contribution in [0, 0.1) is 8.99 Å². The second-order valence-corrected chi connectivity index (χ2v) is 6.63. The molecule has 1 rings (SSSR count). The molecule has 0 bridgehead atoms. The van der Waals surface area contributed by atoms with E-state index in [2.05, 4.69) is 43.8 Å². The van der Waals surface area contributed by atoms with E-state index >= 15 is 0 Å². The van der Waals surface area contributed by atoms with Crippen molar-refractivity contribution in [1.29, 1.82) is 0 Å². The Morgan fingerprint density at radius 3 is 2.63 bits per heavy atom. The summed E-state index contributed by atoms with van der Waals surface area (Å²) in [6, 6.07) is 5.44. The Balaban J connectivity index is 2.81. The lowest BCUT2D eigenvalue weighted by molar-refractivity contribution is -0.147. The maximum atomic E-state index is 12.1. The van der Waals surface area contributed by atoms with Crippen molar-refractivity contribution < 1.29 is 14.7 Å². The summed E-state index contributed by atoms with van der Waals surface area (Å²) >= 11 is 5.44. The Kier molecular flexibility index (Phi) is 5.79. The van der Waals surface area contributed by atoms with E-state index in [0.717, 1.165) is 3.57 Å². The maximum absolute atomic E-state index is 12.1. The predicted octanol–water partition coefficient (Wildman–Crippen LogP) is 3.28. The number of carboxylic acid groups (broad SMARTS) is 1. The summed E-state index contributed by atoms with van der Waals surface area (Å²) in [5, 5.41) is 11.8. The van der Waals surface area contributed by atoms with Crippen LogP contribution >= 0.6 is 38.5 Å². The Labute approximate surface area is 134 Å². The molecule has 2 N–H and O–H groups in total. The minimum atomic E-state index is -0.940. The predicted molar refractivity (Wildman–Crippen MR) is 85.2 cm³/mol. The normalized spacial score (nSPS) is 13.7. The van der Waals surface area contributed by atoms with Crippen LogP contribution in [0.3, 0.4) is 0 Å². The largest absolute Gasteiger partial charge is 0.481 e. The highest BCUT2D eigenvalue weighted by molar-refractivity contribution is 14.1. The highest BCUT2D eigenvalue weighted by Gasteiger charge is 2.31. The number of carboxylic acids is 1. The van der Waals surface area contributed by atoms with Crippen molar-refractivity contribution in [3.63, 3.8) is 0 Å². The van der Waals surface area contributed by atoms with Crippen LogP contribution in [-0.2, 0) is 4.79 Å². The molecule has 0 spiro atoms. The van der Waals surface area contributed by atoms with Crippen LogP contribution in [0.25, 0.3) is 0 Å². The lowest BCUT2D eigenvalue weighted by atomic mass is 9.87. The molecule has 19 heavy (non-hydrogen) atoms. The number of hydrogen-bond acceptors (Lipinski definition) is 2. The molecule has 0 aliphatic heterocycles. The zero-order valence-corrected chi connectivity index (χ0v) is 14.4. The van der Waals surface area contributed by atoms with Gasteiger partial charge in [-0.3, -0.25) is 9.59 Å². The Morgan fingerprint density at radius 1 is 1.47 bits per heavy atom. The van der Waals surface area contributed by atoms with Gasteiger partial charge in [0.2, 0.25) is 0 Å². The first-order valence-electron chi connectivity index (χ1n) is 5.77. The molecule has 1 amide bonds. The van der Waals surface area contributed by atoms with Crippen LogP contribution in [0.1, 0.15) is 30.6 Å². The molecule has 1 aromatic rings. The number of carbonyl (C=O) groups is 2. The van der Waals surface area contributed by atoms with Crippen molar-refractivity contribution in [3.8, 4) is 0 Å². The van der Waals surface area contributed by atoms with Crippen LogP contribution < -0.4 is 5.32 Å². The quantitative estimate of drug-likeness (QED) is 0.692. The number of nitrogens with one attached hydrogen (secondary N) is 1. The van der Waals surface area contributed by atoms with E-state index in [9.17, 15) is 9.59 Å². The fraction of sp³-hybridized carbons (Fsp3) is 0.385. The van der Waals surface area contributed by atoms with Crippen LogP contribution in [0.5, 0.6) is 0 Å². The van der Waals surface area contributed by atoms with Gasteiger partial charge in [-0.2, -0.15) is 0 Å². The molecule has 0 fully saturated rings. The fourth-order valence-corrected chi connectivity index (χ4v) is 2.31. The Hall–Kier alpha value is -0.630. The number of rotatable bonds is 5. The van der Waals surface area contributed by atoms with Gasteiger partial charge in [0, 0.05) is 14.6 Å². The summed E-state index contributed by atoms with van der Waals surface area (Å²) in [7, 11) is 0. The average Bonchev–Trinajstić information content (AvgIpc) is 2.38. The third-order valence-electron chi connectivity index (χ3n) is 3.11. The van der Waals surface area contributed by atoms with Gasteiger partial charge in [0.25, 0.3) is 5.91 Å². The van der Waals surface area contributed by atoms with Crippen molar-refractivity contribution in [2.75, 3.05) is 6.54 Å². The molecule has 1 aromatic carbocycles. The molecule has 0 aromatic heterocycles. The van der Waals surface area contributed by atoms with Gasteiger partial charge in [-0.15, -0.1) is 0 Å². The second-order valence-electron chi connectivity index (χ2n) is 4.53. The highest BCUT2D eigenvalue weighted by atomic mass is 127. The van der Waals surface area contributed by atoms with E-state index in [1.165, 1.54) is 0 Å². The third kappa shape index (κ3) is 4.17. The van der Waals surface area contributed by atoms with E-state index in [1.807, 2.05) is 6.07 Å². The van der Waals surface area contributed by atoms with Gasteiger partial charge in [-0.1, -0.05) is 6.92 Å². The summed E-state index contributed by atoms with van der Waals surface area (Å²) in [5.41, 5.74) is -0.430. The van der Waals surface area contributed by atoms with Gasteiger partial charge >= 0.3 is 5.97 Å². The van der Waals surface area contributed by atoms with Crippen molar-refractivity contribution in [2.24, 2.45) is 5.41 Å². The fourth-order valence-electron chi connectivity index (χ4n) is 1.39. The van der Waals surface area contributed by atoms with Gasteiger partial charge in [0.1, 0.15) is 0 Å². The van der Waals surface area contributed by atoms with Gasteiger partial charge in [-0.25, -0.2) is 0 Å². The minimum Gasteiger partial charge on any atom is -0.481 e. The van der Waals surface area contributed by atoms with E-state index in [4.69, 9.17) is 5.11 Å². The van der Waals surface area contributed by atoms with Crippen LogP contribution in [0.15, 0.2) is 22.7 Å². The smallest absolute Gasteiger partial charge is 0.311 e. The SMILES string of the molecule is CCC(C)(CNC(=O)c1cc(I)ccc1Br)C(=O)O. The minimum absolute atomic E-state index is 0.107. The summed E-state index contributed by atoms with van der Waals surface area (Å²) in [5.74, 6) is -1.18. The van der Waals surface area contributed by atoms with Gasteiger partial charge in [-0.05, 0) is 70.1 Å². The summed E-state index contributed by atoms with van der Waals surface area (Å²) < 4.78 is 1.64. The lowest BCUT2D eigenvalue weighted by Gasteiger charge is -2.23. The molecule has 104 valence electrons. The number of benzene rings is 1. The van der Waals surface area contributed by atoms with Gasteiger partial charge in [0.15, 0.2) is 0 Å². The lowest BCUT2D eigenvalue weighted by Crippen LogP contribution is -2.40. The summed E-state index contributed by atoms with van der Waals surface area (Å²) in [6.07, 6.45) is 0.454. The van der Waals surface area contributed by atoms with Crippen LogP contribution in [-0.4, -0.2) is 23.5 Å². The molecule has 1 atom stereocenters. The monoisotopic (exact) mass is 439 g/mol. The molecule has 6 heteroatoms. The third-order valence-corrected chi connectivity index (χ3v) is 4.47. The molecule has 0 radical (unpaired) electrons. The first-order chi connectivity index (χ1) is 8.80. The van der Waals surface area contributed by atoms with E-state index < -0.39 is 11.4 Å². The van der Waals surface area contributed by atoms with Gasteiger partial charge < -0.3 is 10.4 Å². The molecule has 0 saturated carbocycles. The highest BCUT2D eigenvalue weighted by Crippen LogP contribution is 2.22. The molecular formula is C13H15BrINO3. The molecule has 0 aliphatic carbocycles. The number of hydrogen-bond donors (Lipinski definition) is 2. The average molecular weight is 440 g/mol. The van der Waals surface area contributed by atoms with E-state index in [1.54, 1.807) is 26.0 Å². The number of aliphatic carboxylic acids is 1. The first kappa shape index (κ1) is 16.4. The molecule has 0 heterocycles. The van der Waals surface area contributed by atoms with Crippen molar-refractivity contribution in [1.82, 2.24) is 5.32 Å². The van der Waals surface area contributed by atoms with Crippen molar-refractivity contribution in [3.05, 3.63) is 31.8 Å². The van der Waals surface area contributed by atoms with Crippen LogP contribution in [0.2, 0.25) is 0 Å². The topological polar surface area (TPSA) is 66.4 Å². The number of carbonyl (C=O) groups excluding carboxylic acids is 1. The first-order valence-corrected chi connectivity index (χ1v) is 7.64. The molecule has 0 aliphatic rings. The van der Waals surface area contributed by atoms with Crippen molar-refractivity contribution in [2.45, 2.75) is 20.3 Å². The summed E-state index contributed by atoms with van der Waals surface area (Å²) in [4.78, 5) is 23.2. The molecule has 1 unspecified atom stereocenters. The Morgan fingerprint density at radius 2 is 2.11 bits per heavy atom. The number of halogens is 2. The van der Waals surface area contributed by atoms with Crippen molar-refractivity contribution >= 4 is 50.4 Å². The molecule has 0 saturated heterocycles. The zero-order chi connectivity index (χ0) is 14.6. The van der Waals surface area contributed by atoms with E-state index in [-0.39, 0.29) is 12.5 Å². The number of amides is 1. The van der Waals surface area contributed by atoms with Crippen LogP contribution in [0.4, 0.5) is 0 Å². The zero-order valence-electron chi connectivity index (χ0n) is 10.7. The van der Waals surface area contributed by atoms with Gasteiger partial charge in [0.05, 0.1) is 11.0 Å². The summed E-state index contributed by atoms with van der Waals surface area (Å²) in [6.45, 7) is 3.52. The van der Waals surface area contributed by atoms with E-state index in [0.29, 0.717) is 16.5 Å². The Bertz CT molecular complexity index is 507. The molecular weight excluding hydrogens is 425 g/mol. The standard InChI is InChI=1S/C13H15BrINO3/c1-3-13(2,12(18)19)7-16-11(17)9-6-8(15)4-5-10(9)14/h4-6H,3,7H2,1-2H3,(H,16,17)(H,18,19). The second kappa shape index (κ2) is 6.69. The maximum Gasteiger partial charge on any atom is 0.311 e.